The van der Waals surface area contributed by atoms with Crippen LogP contribution < -0.4 is 5.32 Å². The molecular weight excluding hydrogens is 302 g/mol. The first-order valence-corrected chi connectivity index (χ1v) is 8.32. The highest BCUT2D eigenvalue weighted by Gasteiger charge is 2.22. The Morgan fingerprint density at radius 2 is 2.08 bits per heavy atom. The topological polar surface area (TPSA) is 60.1 Å². The van der Waals surface area contributed by atoms with Gasteiger partial charge >= 0.3 is 0 Å². The molecule has 2 heterocycles. The Morgan fingerprint density at radius 3 is 2.83 bits per heavy atom. The van der Waals surface area contributed by atoms with Crippen LogP contribution in [0.15, 0.2) is 41.1 Å². The molecule has 0 saturated heterocycles. The summed E-state index contributed by atoms with van der Waals surface area (Å²) < 4.78 is 7.37. The largest absolute Gasteiger partial charge is 0.361 e. The number of hydrogen-bond acceptors (Lipinski definition) is 3. The van der Waals surface area contributed by atoms with Crippen LogP contribution in [0.4, 0.5) is 0 Å². The maximum atomic E-state index is 12.3. The van der Waals surface area contributed by atoms with E-state index in [-0.39, 0.29) is 11.8 Å². The fourth-order valence-corrected chi connectivity index (χ4v) is 3.19. The molecule has 1 atom stereocenters. The van der Waals surface area contributed by atoms with Gasteiger partial charge < -0.3 is 14.4 Å². The fourth-order valence-electron chi connectivity index (χ4n) is 3.19. The minimum Gasteiger partial charge on any atom is -0.361 e. The zero-order valence-electron chi connectivity index (χ0n) is 14.4. The summed E-state index contributed by atoms with van der Waals surface area (Å²) in [5, 5.41) is 8.18. The molecule has 0 fully saturated rings. The molecule has 0 bridgehead atoms. The van der Waals surface area contributed by atoms with E-state index in [2.05, 4.69) is 39.4 Å². The molecule has 2 aromatic heterocycles. The SMILES string of the molecule is Cc1noc(C)c1[C@H](C)C(=O)NCCCn1ccc2ccccc21. The molecule has 3 rings (SSSR count). The van der Waals surface area contributed by atoms with E-state index in [1.54, 1.807) is 0 Å². The highest BCUT2D eigenvalue weighted by atomic mass is 16.5. The smallest absolute Gasteiger partial charge is 0.227 e. The molecule has 0 unspecified atom stereocenters. The second-order valence-electron chi connectivity index (χ2n) is 6.17. The molecule has 1 aromatic carbocycles. The summed E-state index contributed by atoms with van der Waals surface area (Å²) in [6.45, 7) is 7.14. The number of fused-ring (bicyclic) bond motifs is 1. The molecule has 5 nitrogen and oxygen atoms in total. The maximum absolute atomic E-state index is 12.3. The zero-order chi connectivity index (χ0) is 17.1. The van der Waals surface area contributed by atoms with E-state index in [1.807, 2.05) is 32.9 Å². The molecule has 1 amide bonds. The predicted octanol–water partition coefficient (Wildman–Crippen LogP) is 3.56. The Hall–Kier alpha value is -2.56. The minimum atomic E-state index is -0.247. The van der Waals surface area contributed by atoms with Gasteiger partial charge in [-0.15, -0.1) is 0 Å². The van der Waals surface area contributed by atoms with Gasteiger partial charge in [0, 0.05) is 30.4 Å². The third kappa shape index (κ3) is 3.20. The molecule has 24 heavy (non-hydrogen) atoms. The number of para-hydroxylation sites is 1. The summed E-state index contributed by atoms with van der Waals surface area (Å²) in [5.74, 6) is 0.486. The first-order chi connectivity index (χ1) is 11.6. The van der Waals surface area contributed by atoms with Crippen LogP contribution in [0.2, 0.25) is 0 Å². The van der Waals surface area contributed by atoms with Crippen molar-refractivity contribution < 1.29 is 9.32 Å². The van der Waals surface area contributed by atoms with Gasteiger partial charge in [0.1, 0.15) is 5.76 Å². The number of benzene rings is 1. The van der Waals surface area contributed by atoms with Crippen molar-refractivity contribution in [1.29, 1.82) is 0 Å². The Balaban J connectivity index is 1.52. The molecule has 126 valence electrons. The van der Waals surface area contributed by atoms with Gasteiger partial charge in [-0.1, -0.05) is 23.4 Å². The Morgan fingerprint density at radius 1 is 1.29 bits per heavy atom. The van der Waals surface area contributed by atoms with Crippen molar-refractivity contribution in [3.05, 3.63) is 53.5 Å². The van der Waals surface area contributed by atoms with Gasteiger partial charge in [0.15, 0.2) is 0 Å². The van der Waals surface area contributed by atoms with Crippen molar-refractivity contribution in [2.75, 3.05) is 6.54 Å². The van der Waals surface area contributed by atoms with Crippen LogP contribution in [0, 0.1) is 13.8 Å². The van der Waals surface area contributed by atoms with Crippen LogP contribution in [0.1, 0.15) is 36.3 Å². The Bertz CT molecular complexity index is 828. The number of carbonyl (C=O) groups is 1. The van der Waals surface area contributed by atoms with E-state index in [0.29, 0.717) is 12.3 Å². The van der Waals surface area contributed by atoms with Crippen LogP contribution >= 0.6 is 0 Å². The predicted molar refractivity (Wildman–Crippen MR) is 94.0 cm³/mol. The van der Waals surface area contributed by atoms with Gasteiger partial charge in [-0.25, -0.2) is 0 Å². The standard InChI is InChI=1S/C19H23N3O2/c1-13(18-14(2)21-24-15(18)3)19(23)20-10-6-11-22-12-9-16-7-4-5-8-17(16)22/h4-5,7-9,12-13H,6,10-11H2,1-3H3,(H,20,23)/t13-/m0/s1. The Labute approximate surface area is 141 Å². The van der Waals surface area contributed by atoms with Crippen molar-refractivity contribution in [3.8, 4) is 0 Å². The van der Waals surface area contributed by atoms with Gasteiger partial charge in [-0.05, 0) is 44.7 Å². The number of nitrogens with one attached hydrogen (secondary N) is 1. The van der Waals surface area contributed by atoms with Gasteiger partial charge in [0.25, 0.3) is 0 Å². The first kappa shape index (κ1) is 16.3. The highest BCUT2D eigenvalue weighted by molar-refractivity contribution is 5.83. The maximum Gasteiger partial charge on any atom is 0.227 e. The lowest BCUT2D eigenvalue weighted by Gasteiger charge is -2.12. The molecule has 0 radical (unpaired) electrons. The quantitative estimate of drug-likeness (QED) is 0.705. The van der Waals surface area contributed by atoms with Crippen molar-refractivity contribution in [1.82, 2.24) is 15.0 Å². The molecule has 0 aliphatic rings. The van der Waals surface area contributed by atoms with Crippen LogP contribution in [0.25, 0.3) is 10.9 Å². The lowest BCUT2D eigenvalue weighted by molar-refractivity contribution is -0.122. The summed E-state index contributed by atoms with van der Waals surface area (Å²) in [4.78, 5) is 12.3. The van der Waals surface area contributed by atoms with Crippen LogP contribution in [-0.2, 0) is 11.3 Å². The van der Waals surface area contributed by atoms with E-state index < -0.39 is 0 Å². The summed E-state index contributed by atoms with van der Waals surface area (Å²) in [6, 6.07) is 10.4. The van der Waals surface area contributed by atoms with Gasteiger partial charge in [-0.3, -0.25) is 4.79 Å². The van der Waals surface area contributed by atoms with E-state index in [1.165, 1.54) is 10.9 Å². The van der Waals surface area contributed by atoms with Gasteiger partial charge in [0.05, 0.1) is 11.6 Å². The average molecular weight is 325 g/mol. The number of nitrogens with zero attached hydrogens (tertiary/aromatic N) is 2. The first-order valence-electron chi connectivity index (χ1n) is 8.32. The van der Waals surface area contributed by atoms with Crippen molar-refractivity contribution in [2.24, 2.45) is 0 Å². The molecule has 0 aliphatic heterocycles. The minimum absolute atomic E-state index is 0.0155. The number of aromatic nitrogens is 2. The number of amides is 1. The highest BCUT2D eigenvalue weighted by Crippen LogP contribution is 2.23. The number of aryl methyl sites for hydroxylation is 3. The van der Waals surface area contributed by atoms with E-state index in [4.69, 9.17) is 4.52 Å². The summed E-state index contributed by atoms with van der Waals surface area (Å²) >= 11 is 0. The van der Waals surface area contributed by atoms with Crippen molar-refractivity contribution in [3.63, 3.8) is 0 Å². The molecule has 1 N–H and O–H groups in total. The second kappa shape index (κ2) is 6.91. The summed E-state index contributed by atoms with van der Waals surface area (Å²) in [6.07, 6.45) is 2.98. The molecule has 0 saturated carbocycles. The lowest BCUT2D eigenvalue weighted by atomic mass is 9.99. The molecule has 5 heteroatoms. The monoisotopic (exact) mass is 325 g/mol. The van der Waals surface area contributed by atoms with Crippen molar-refractivity contribution in [2.45, 2.75) is 39.7 Å². The molecular formula is C19H23N3O2. The average Bonchev–Trinajstić information content (AvgIpc) is 3.14. The number of carbonyl (C=O) groups excluding carboxylic acids is 1. The third-order valence-electron chi connectivity index (χ3n) is 4.47. The van der Waals surface area contributed by atoms with E-state index >= 15 is 0 Å². The van der Waals surface area contributed by atoms with E-state index in [0.717, 1.165) is 24.2 Å². The van der Waals surface area contributed by atoms with Gasteiger partial charge in [0.2, 0.25) is 5.91 Å². The molecule has 0 spiro atoms. The molecule has 3 aromatic rings. The third-order valence-corrected chi connectivity index (χ3v) is 4.47. The van der Waals surface area contributed by atoms with Gasteiger partial charge in [-0.2, -0.15) is 0 Å². The van der Waals surface area contributed by atoms with Crippen molar-refractivity contribution >= 4 is 16.8 Å². The molecule has 0 aliphatic carbocycles. The lowest BCUT2D eigenvalue weighted by Crippen LogP contribution is -2.29. The number of rotatable bonds is 6. The second-order valence-corrected chi connectivity index (χ2v) is 6.17. The summed E-state index contributed by atoms with van der Waals surface area (Å²) in [5.41, 5.74) is 2.91. The fraction of sp³-hybridized carbons (Fsp3) is 0.368. The summed E-state index contributed by atoms with van der Waals surface area (Å²) in [7, 11) is 0. The van der Waals surface area contributed by atoms with E-state index in [9.17, 15) is 4.79 Å². The van der Waals surface area contributed by atoms with Crippen LogP contribution in [0.3, 0.4) is 0 Å². The Kier molecular flexibility index (Phi) is 4.69. The number of hydrogen-bond donors (Lipinski definition) is 1. The van der Waals surface area contributed by atoms with Crippen LogP contribution in [0.5, 0.6) is 0 Å². The normalized spacial score (nSPS) is 12.5. The zero-order valence-corrected chi connectivity index (χ0v) is 14.4. The van der Waals surface area contributed by atoms with Crippen LogP contribution in [-0.4, -0.2) is 22.2 Å².